The lowest BCUT2D eigenvalue weighted by atomic mass is 9.87. The van der Waals surface area contributed by atoms with Gasteiger partial charge in [0.2, 0.25) is 11.8 Å². The number of aryl methyl sites for hydroxylation is 1. The van der Waals surface area contributed by atoms with E-state index in [9.17, 15) is 9.59 Å². The zero-order valence-corrected chi connectivity index (χ0v) is 16.1. The van der Waals surface area contributed by atoms with Gasteiger partial charge in [-0.2, -0.15) is 0 Å². The van der Waals surface area contributed by atoms with Crippen molar-refractivity contribution in [2.45, 2.75) is 38.1 Å². The molecule has 1 atom stereocenters. The van der Waals surface area contributed by atoms with E-state index in [4.69, 9.17) is 5.73 Å². The van der Waals surface area contributed by atoms with E-state index in [0.717, 1.165) is 36.1 Å². The number of hydrogen-bond acceptors (Lipinski definition) is 3. The predicted molar refractivity (Wildman–Crippen MR) is 110 cm³/mol. The Morgan fingerprint density at radius 1 is 1.07 bits per heavy atom. The van der Waals surface area contributed by atoms with Crippen LogP contribution in [0, 0.1) is 0 Å². The van der Waals surface area contributed by atoms with E-state index in [2.05, 4.69) is 10.6 Å². The van der Waals surface area contributed by atoms with Gasteiger partial charge in [-0.25, -0.2) is 0 Å². The maximum absolute atomic E-state index is 12.2. The molecule has 27 heavy (non-hydrogen) atoms. The third-order valence-electron chi connectivity index (χ3n) is 4.70. The van der Waals surface area contributed by atoms with Gasteiger partial charge in [-0.05, 0) is 48.1 Å². The summed E-state index contributed by atoms with van der Waals surface area (Å²) in [4.78, 5) is 24.2. The van der Waals surface area contributed by atoms with Crippen molar-refractivity contribution in [1.29, 1.82) is 0 Å². The third-order valence-corrected chi connectivity index (χ3v) is 4.70. The molecule has 1 aliphatic carbocycles. The standard InChI is InChI=1S/C21H25N3O2.ClH/c22-17-9-10-18-16(14-17)7-4-8-19(18)24-20(25)11-12-23-21(26)13-15-5-2-1-3-6-15;/h1-3,5-6,9-10,14,19H,4,7-8,11-13,22H2,(H,23,26)(H,24,25);1H. The number of nitrogens with two attached hydrogens (primary N) is 1. The smallest absolute Gasteiger partial charge is 0.224 e. The second kappa shape index (κ2) is 9.97. The van der Waals surface area contributed by atoms with Crippen molar-refractivity contribution in [3.63, 3.8) is 0 Å². The van der Waals surface area contributed by atoms with Crippen LogP contribution in [0.15, 0.2) is 48.5 Å². The fourth-order valence-electron chi connectivity index (χ4n) is 3.41. The van der Waals surface area contributed by atoms with Crippen LogP contribution in [0.2, 0.25) is 0 Å². The lowest BCUT2D eigenvalue weighted by Gasteiger charge is -2.26. The van der Waals surface area contributed by atoms with Crippen molar-refractivity contribution < 1.29 is 9.59 Å². The molecule has 4 N–H and O–H groups in total. The maximum atomic E-state index is 12.2. The second-order valence-corrected chi connectivity index (χ2v) is 6.73. The number of carbonyl (C=O) groups is 2. The van der Waals surface area contributed by atoms with Crippen LogP contribution in [-0.2, 0) is 22.4 Å². The lowest BCUT2D eigenvalue weighted by molar-refractivity contribution is -0.122. The molecule has 5 nitrogen and oxygen atoms in total. The summed E-state index contributed by atoms with van der Waals surface area (Å²) < 4.78 is 0. The van der Waals surface area contributed by atoms with E-state index in [-0.39, 0.29) is 36.7 Å². The van der Waals surface area contributed by atoms with E-state index < -0.39 is 0 Å². The molecule has 0 aromatic heterocycles. The number of halogens is 1. The average Bonchev–Trinajstić information content (AvgIpc) is 2.62. The number of nitrogen functional groups attached to an aromatic ring is 1. The Labute approximate surface area is 166 Å². The Morgan fingerprint density at radius 2 is 1.85 bits per heavy atom. The van der Waals surface area contributed by atoms with E-state index in [1.165, 1.54) is 5.56 Å². The first-order chi connectivity index (χ1) is 12.6. The Hall–Kier alpha value is -2.53. The highest BCUT2D eigenvalue weighted by atomic mass is 35.5. The minimum Gasteiger partial charge on any atom is -0.399 e. The van der Waals surface area contributed by atoms with Gasteiger partial charge in [0.1, 0.15) is 0 Å². The monoisotopic (exact) mass is 387 g/mol. The molecular weight excluding hydrogens is 362 g/mol. The average molecular weight is 388 g/mol. The van der Waals surface area contributed by atoms with Crippen LogP contribution >= 0.6 is 12.4 Å². The summed E-state index contributed by atoms with van der Waals surface area (Å²) in [7, 11) is 0. The summed E-state index contributed by atoms with van der Waals surface area (Å²) in [5.41, 5.74) is 9.96. The van der Waals surface area contributed by atoms with Crippen LogP contribution in [0.5, 0.6) is 0 Å². The zero-order chi connectivity index (χ0) is 18.4. The van der Waals surface area contributed by atoms with Crippen LogP contribution in [0.4, 0.5) is 5.69 Å². The minimum atomic E-state index is -0.0671. The minimum absolute atomic E-state index is 0. The second-order valence-electron chi connectivity index (χ2n) is 6.73. The van der Waals surface area contributed by atoms with Crippen molar-refractivity contribution in [3.05, 3.63) is 65.2 Å². The SMILES string of the molecule is Cl.Nc1ccc2c(c1)CCCC2NC(=O)CCNC(=O)Cc1ccccc1. The van der Waals surface area contributed by atoms with Gasteiger partial charge >= 0.3 is 0 Å². The van der Waals surface area contributed by atoms with Crippen molar-refractivity contribution in [2.75, 3.05) is 12.3 Å². The molecule has 2 aromatic carbocycles. The van der Waals surface area contributed by atoms with Crippen LogP contribution in [0.1, 0.15) is 42.0 Å². The van der Waals surface area contributed by atoms with Gasteiger partial charge in [0.25, 0.3) is 0 Å². The van der Waals surface area contributed by atoms with Gasteiger partial charge in [-0.1, -0.05) is 36.4 Å². The number of carbonyl (C=O) groups excluding carboxylic acids is 2. The number of anilines is 1. The van der Waals surface area contributed by atoms with Crippen LogP contribution < -0.4 is 16.4 Å². The first-order valence-corrected chi connectivity index (χ1v) is 9.10. The number of benzene rings is 2. The molecule has 144 valence electrons. The summed E-state index contributed by atoms with van der Waals surface area (Å²) in [5, 5.41) is 5.90. The molecule has 6 heteroatoms. The largest absolute Gasteiger partial charge is 0.399 e. The Bertz CT molecular complexity index is 780. The molecule has 2 amide bonds. The predicted octanol–water partition coefficient (Wildman–Crippen LogP) is 2.93. The normalized spacial score (nSPS) is 15.2. The van der Waals surface area contributed by atoms with Crippen LogP contribution in [0.25, 0.3) is 0 Å². The van der Waals surface area contributed by atoms with Crippen molar-refractivity contribution >= 4 is 29.9 Å². The van der Waals surface area contributed by atoms with Gasteiger partial charge in [-0.15, -0.1) is 12.4 Å². The number of hydrogen-bond donors (Lipinski definition) is 3. The highest BCUT2D eigenvalue weighted by Gasteiger charge is 2.21. The summed E-state index contributed by atoms with van der Waals surface area (Å²) >= 11 is 0. The topological polar surface area (TPSA) is 84.2 Å². The first kappa shape index (κ1) is 20.8. The molecule has 1 unspecified atom stereocenters. The van der Waals surface area contributed by atoms with Crippen molar-refractivity contribution in [3.8, 4) is 0 Å². The van der Waals surface area contributed by atoms with E-state index in [0.29, 0.717) is 13.0 Å². The van der Waals surface area contributed by atoms with E-state index >= 15 is 0 Å². The number of fused-ring (bicyclic) bond motifs is 1. The molecule has 0 fully saturated rings. The van der Waals surface area contributed by atoms with Gasteiger partial charge in [0.15, 0.2) is 0 Å². The molecule has 1 aliphatic rings. The van der Waals surface area contributed by atoms with E-state index in [1.54, 1.807) is 0 Å². The number of nitrogens with one attached hydrogen (secondary N) is 2. The molecule has 0 radical (unpaired) electrons. The molecule has 2 aromatic rings. The molecule has 3 rings (SSSR count). The van der Waals surface area contributed by atoms with E-state index in [1.807, 2.05) is 48.5 Å². The van der Waals surface area contributed by atoms with Gasteiger partial charge in [0.05, 0.1) is 12.5 Å². The first-order valence-electron chi connectivity index (χ1n) is 9.10. The Morgan fingerprint density at radius 3 is 2.63 bits per heavy atom. The van der Waals surface area contributed by atoms with Crippen molar-refractivity contribution in [2.24, 2.45) is 0 Å². The summed E-state index contributed by atoms with van der Waals surface area (Å²) in [6.07, 6.45) is 3.59. The van der Waals surface area contributed by atoms with Gasteiger partial charge in [-0.3, -0.25) is 9.59 Å². The fraction of sp³-hybridized carbons (Fsp3) is 0.333. The molecule has 0 spiro atoms. The van der Waals surface area contributed by atoms with Gasteiger partial charge in [0, 0.05) is 18.7 Å². The molecule has 0 saturated carbocycles. The molecule has 0 saturated heterocycles. The van der Waals surface area contributed by atoms with Crippen molar-refractivity contribution in [1.82, 2.24) is 10.6 Å². The molecule has 0 heterocycles. The summed E-state index contributed by atoms with van der Waals surface area (Å²) in [6, 6.07) is 15.5. The molecule has 0 aliphatic heterocycles. The highest BCUT2D eigenvalue weighted by Crippen LogP contribution is 2.30. The quantitative estimate of drug-likeness (QED) is 0.666. The number of rotatable bonds is 6. The summed E-state index contributed by atoms with van der Waals surface area (Å²) in [5.74, 6) is -0.109. The fourth-order valence-corrected chi connectivity index (χ4v) is 3.41. The molecular formula is C21H26ClN3O2. The summed E-state index contributed by atoms with van der Waals surface area (Å²) in [6.45, 7) is 0.346. The zero-order valence-electron chi connectivity index (χ0n) is 15.2. The van der Waals surface area contributed by atoms with Gasteiger partial charge < -0.3 is 16.4 Å². The lowest BCUT2D eigenvalue weighted by Crippen LogP contribution is -2.34. The van der Waals surface area contributed by atoms with Crippen LogP contribution in [-0.4, -0.2) is 18.4 Å². The molecule has 0 bridgehead atoms. The Balaban J connectivity index is 0.00000261. The third kappa shape index (κ3) is 6.00. The van der Waals surface area contributed by atoms with Crippen LogP contribution in [0.3, 0.4) is 0 Å². The Kier molecular flexibility index (Phi) is 7.67. The number of amides is 2. The maximum Gasteiger partial charge on any atom is 0.224 e. The highest BCUT2D eigenvalue weighted by molar-refractivity contribution is 5.85.